The highest BCUT2D eigenvalue weighted by Gasteiger charge is 2.22. The van der Waals surface area contributed by atoms with Crippen LogP contribution in [0.5, 0.6) is 0 Å². The van der Waals surface area contributed by atoms with E-state index >= 15 is 0 Å². The van der Waals surface area contributed by atoms with Crippen LogP contribution in [0.4, 0.5) is 0 Å². The number of aromatic nitrogens is 4. The number of hydrogen-bond acceptors (Lipinski definition) is 4. The lowest BCUT2D eigenvalue weighted by Crippen LogP contribution is -2.26. The van der Waals surface area contributed by atoms with Crippen LogP contribution >= 0.6 is 15.9 Å². The number of hydrogen-bond donors (Lipinski definition) is 2. The summed E-state index contributed by atoms with van der Waals surface area (Å²) in [7, 11) is 6.03. The second-order valence-electron chi connectivity index (χ2n) is 4.60. The SMILES string of the molecule is CNC(c1ncc[nH]1)c1c(Br)cnn1CCN(C)C. The molecular formula is C12H19BrN6. The zero-order chi connectivity index (χ0) is 13.8. The van der Waals surface area contributed by atoms with E-state index in [1.54, 1.807) is 6.20 Å². The molecule has 104 valence electrons. The van der Waals surface area contributed by atoms with Crippen molar-refractivity contribution >= 4 is 15.9 Å². The Hall–Kier alpha value is -1.18. The van der Waals surface area contributed by atoms with Crippen LogP contribution in [0.2, 0.25) is 0 Å². The smallest absolute Gasteiger partial charge is 0.129 e. The molecular weight excluding hydrogens is 308 g/mol. The van der Waals surface area contributed by atoms with Gasteiger partial charge >= 0.3 is 0 Å². The van der Waals surface area contributed by atoms with Crippen LogP contribution in [0, 0.1) is 0 Å². The fraction of sp³-hybridized carbons (Fsp3) is 0.500. The highest BCUT2D eigenvalue weighted by atomic mass is 79.9. The number of rotatable bonds is 6. The van der Waals surface area contributed by atoms with Gasteiger partial charge in [-0.05, 0) is 37.1 Å². The lowest BCUT2D eigenvalue weighted by molar-refractivity contribution is 0.365. The third kappa shape index (κ3) is 3.23. The molecule has 0 saturated carbocycles. The first-order chi connectivity index (χ1) is 9.13. The average molecular weight is 327 g/mol. The first-order valence-corrected chi connectivity index (χ1v) is 6.95. The molecule has 0 aliphatic heterocycles. The Bertz CT molecular complexity index is 504. The van der Waals surface area contributed by atoms with Gasteiger partial charge in [-0.2, -0.15) is 5.10 Å². The summed E-state index contributed by atoms with van der Waals surface area (Å²) in [5, 5.41) is 7.71. The Morgan fingerprint density at radius 3 is 2.89 bits per heavy atom. The van der Waals surface area contributed by atoms with Crippen LogP contribution in [0.15, 0.2) is 23.1 Å². The van der Waals surface area contributed by atoms with E-state index in [0.29, 0.717) is 0 Å². The van der Waals surface area contributed by atoms with E-state index in [2.05, 4.69) is 55.3 Å². The van der Waals surface area contributed by atoms with E-state index in [9.17, 15) is 0 Å². The van der Waals surface area contributed by atoms with Gasteiger partial charge in [0, 0.05) is 18.9 Å². The molecule has 19 heavy (non-hydrogen) atoms. The fourth-order valence-corrected chi connectivity index (χ4v) is 2.50. The minimum atomic E-state index is -0.00552. The van der Waals surface area contributed by atoms with Crippen molar-refractivity contribution in [3.8, 4) is 0 Å². The maximum Gasteiger partial charge on any atom is 0.129 e. The molecule has 0 saturated heterocycles. The van der Waals surface area contributed by atoms with E-state index in [-0.39, 0.29) is 6.04 Å². The molecule has 2 rings (SSSR count). The van der Waals surface area contributed by atoms with Gasteiger partial charge in [0.15, 0.2) is 0 Å². The molecule has 1 atom stereocenters. The lowest BCUT2D eigenvalue weighted by Gasteiger charge is -2.18. The molecule has 1 unspecified atom stereocenters. The van der Waals surface area contributed by atoms with Gasteiger partial charge in [-0.15, -0.1) is 0 Å². The molecule has 0 aliphatic rings. The van der Waals surface area contributed by atoms with Crippen LogP contribution in [-0.2, 0) is 6.54 Å². The van der Waals surface area contributed by atoms with Crippen LogP contribution < -0.4 is 5.32 Å². The highest BCUT2D eigenvalue weighted by molar-refractivity contribution is 9.10. The van der Waals surface area contributed by atoms with Crippen LogP contribution in [0.25, 0.3) is 0 Å². The Balaban J connectivity index is 2.29. The average Bonchev–Trinajstić information content (AvgIpc) is 3.00. The predicted molar refractivity (Wildman–Crippen MR) is 78.0 cm³/mol. The number of imidazole rings is 1. The Kier molecular flexibility index (Phi) is 4.73. The van der Waals surface area contributed by atoms with Crippen molar-refractivity contribution in [3.63, 3.8) is 0 Å². The topological polar surface area (TPSA) is 61.8 Å². The number of likely N-dealkylation sites (N-methyl/N-ethyl adjacent to an activating group) is 1. The Labute approximate surface area is 121 Å². The summed E-state index contributed by atoms with van der Waals surface area (Å²) in [6.45, 7) is 1.78. The van der Waals surface area contributed by atoms with Gasteiger partial charge in [-0.1, -0.05) is 0 Å². The number of nitrogens with zero attached hydrogens (tertiary/aromatic N) is 4. The lowest BCUT2D eigenvalue weighted by atomic mass is 10.2. The summed E-state index contributed by atoms with van der Waals surface area (Å²) >= 11 is 3.57. The normalized spacial score (nSPS) is 13.1. The minimum Gasteiger partial charge on any atom is -0.347 e. The van der Waals surface area contributed by atoms with Crippen LogP contribution in [0.3, 0.4) is 0 Å². The molecule has 6 nitrogen and oxygen atoms in total. The first-order valence-electron chi connectivity index (χ1n) is 6.16. The van der Waals surface area contributed by atoms with Crippen LogP contribution in [0.1, 0.15) is 17.6 Å². The third-order valence-corrected chi connectivity index (χ3v) is 3.56. The minimum absolute atomic E-state index is 0.00552. The second kappa shape index (κ2) is 6.31. The monoisotopic (exact) mass is 326 g/mol. The van der Waals surface area contributed by atoms with Gasteiger partial charge in [-0.3, -0.25) is 4.68 Å². The largest absolute Gasteiger partial charge is 0.347 e. The third-order valence-electron chi connectivity index (χ3n) is 2.95. The highest BCUT2D eigenvalue weighted by Crippen LogP contribution is 2.26. The summed E-state index contributed by atoms with van der Waals surface area (Å²) in [5.41, 5.74) is 1.08. The van der Waals surface area contributed by atoms with Crippen LogP contribution in [-0.4, -0.2) is 52.3 Å². The molecule has 2 aromatic heterocycles. The second-order valence-corrected chi connectivity index (χ2v) is 5.45. The molecule has 0 radical (unpaired) electrons. The molecule has 7 heteroatoms. The zero-order valence-electron chi connectivity index (χ0n) is 11.4. The maximum absolute atomic E-state index is 4.43. The van der Waals surface area contributed by atoms with E-state index in [4.69, 9.17) is 0 Å². The quantitative estimate of drug-likeness (QED) is 0.838. The molecule has 0 fully saturated rings. The number of H-pyrrole nitrogens is 1. The zero-order valence-corrected chi connectivity index (χ0v) is 13.0. The Morgan fingerprint density at radius 1 is 1.53 bits per heavy atom. The van der Waals surface area contributed by atoms with E-state index in [1.165, 1.54) is 0 Å². The molecule has 2 aromatic rings. The van der Waals surface area contributed by atoms with Crippen molar-refractivity contribution in [1.82, 2.24) is 30.0 Å². The summed E-state index contributed by atoms with van der Waals surface area (Å²) in [4.78, 5) is 9.62. The van der Waals surface area contributed by atoms with Crippen molar-refractivity contribution in [2.75, 3.05) is 27.7 Å². The van der Waals surface area contributed by atoms with E-state index in [1.807, 2.05) is 24.1 Å². The first kappa shape index (κ1) is 14.2. The number of nitrogens with one attached hydrogen (secondary N) is 2. The maximum atomic E-state index is 4.43. The summed E-state index contributed by atoms with van der Waals surface area (Å²) in [5.74, 6) is 0.884. The van der Waals surface area contributed by atoms with Crippen molar-refractivity contribution < 1.29 is 0 Å². The van der Waals surface area contributed by atoms with Crippen molar-refractivity contribution in [2.45, 2.75) is 12.6 Å². The summed E-state index contributed by atoms with van der Waals surface area (Å²) in [6, 6.07) is -0.00552. The van der Waals surface area contributed by atoms with Gasteiger partial charge in [0.25, 0.3) is 0 Å². The standard InChI is InChI=1S/C12H19BrN6/c1-14-10(12-15-4-5-16-12)11-9(13)8-17-19(11)7-6-18(2)3/h4-5,8,10,14H,6-7H2,1-3H3,(H,15,16). The van der Waals surface area contributed by atoms with Gasteiger partial charge in [0.2, 0.25) is 0 Å². The summed E-state index contributed by atoms with van der Waals surface area (Å²) in [6.07, 6.45) is 5.42. The van der Waals surface area contributed by atoms with Gasteiger partial charge in [0.1, 0.15) is 11.9 Å². The molecule has 0 aliphatic carbocycles. The van der Waals surface area contributed by atoms with Crippen molar-refractivity contribution in [3.05, 3.63) is 34.6 Å². The fourth-order valence-electron chi connectivity index (χ4n) is 1.97. The number of aromatic amines is 1. The van der Waals surface area contributed by atoms with E-state index in [0.717, 1.165) is 29.1 Å². The molecule has 2 N–H and O–H groups in total. The molecule has 0 spiro atoms. The molecule has 0 aromatic carbocycles. The van der Waals surface area contributed by atoms with E-state index < -0.39 is 0 Å². The van der Waals surface area contributed by atoms with Gasteiger partial charge in [0.05, 0.1) is 22.9 Å². The molecule has 2 heterocycles. The predicted octanol–water partition coefficient (Wildman–Crippen LogP) is 1.24. The van der Waals surface area contributed by atoms with Gasteiger partial charge in [-0.25, -0.2) is 4.98 Å². The molecule has 0 amide bonds. The summed E-state index contributed by atoms with van der Waals surface area (Å²) < 4.78 is 3.00. The molecule has 0 bridgehead atoms. The Morgan fingerprint density at radius 2 is 2.32 bits per heavy atom. The van der Waals surface area contributed by atoms with Crippen molar-refractivity contribution in [1.29, 1.82) is 0 Å². The van der Waals surface area contributed by atoms with Crippen molar-refractivity contribution in [2.24, 2.45) is 0 Å². The van der Waals surface area contributed by atoms with Gasteiger partial charge < -0.3 is 15.2 Å². The number of halogens is 1.